The summed E-state index contributed by atoms with van der Waals surface area (Å²) in [5, 5.41) is 5.41. The fourth-order valence-electron chi connectivity index (χ4n) is 1.89. The Morgan fingerprint density at radius 3 is 2.81 bits per heavy atom. The first-order chi connectivity index (χ1) is 9.95. The molecule has 1 amide bonds. The summed E-state index contributed by atoms with van der Waals surface area (Å²) >= 11 is 1.47. The maximum Gasteiger partial charge on any atom is 0.242 e. The molecule has 2 heterocycles. The number of aryl methyl sites for hydroxylation is 1. The highest BCUT2D eigenvalue weighted by Crippen LogP contribution is 2.25. The second kappa shape index (κ2) is 6.78. The van der Waals surface area contributed by atoms with Crippen molar-refractivity contribution in [3.05, 3.63) is 29.4 Å². The highest BCUT2D eigenvalue weighted by molar-refractivity contribution is 7.13. The van der Waals surface area contributed by atoms with Gasteiger partial charge in [0.05, 0.1) is 6.04 Å². The quantitative estimate of drug-likeness (QED) is 0.890. The molecule has 2 aromatic heterocycles. The molecule has 0 aliphatic heterocycles. The van der Waals surface area contributed by atoms with E-state index in [1.165, 1.54) is 11.3 Å². The smallest absolute Gasteiger partial charge is 0.242 e. The Hall–Kier alpha value is -1.79. The van der Waals surface area contributed by atoms with Gasteiger partial charge in [-0.05, 0) is 31.4 Å². The average molecular weight is 304 g/mol. The van der Waals surface area contributed by atoms with Crippen molar-refractivity contribution in [3.8, 4) is 10.6 Å². The van der Waals surface area contributed by atoms with Gasteiger partial charge in [-0.2, -0.15) is 0 Å². The van der Waals surface area contributed by atoms with Crippen LogP contribution in [-0.4, -0.2) is 21.9 Å². The molecule has 21 heavy (non-hydrogen) atoms. The number of thiazole rings is 1. The highest BCUT2D eigenvalue weighted by Gasteiger charge is 2.16. The molecule has 112 valence electrons. The summed E-state index contributed by atoms with van der Waals surface area (Å²) in [6, 6.07) is 3.40. The lowest BCUT2D eigenvalue weighted by Crippen LogP contribution is -2.36. The van der Waals surface area contributed by atoms with Crippen LogP contribution in [0, 0.1) is 12.8 Å². The van der Waals surface area contributed by atoms with Gasteiger partial charge in [0.2, 0.25) is 5.91 Å². The number of nitrogens with one attached hydrogen (secondary N) is 1. The van der Waals surface area contributed by atoms with E-state index in [2.05, 4.69) is 15.3 Å². The largest absolute Gasteiger partial charge is 0.320 e. The molecule has 5 nitrogen and oxygen atoms in total. The lowest BCUT2D eigenvalue weighted by atomic mass is 10.0. The topological polar surface area (TPSA) is 80.9 Å². The second-order valence-corrected chi connectivity index (χ2v) is 6.31. The molecule has 0 bridgehead atoms. The molecule has 6 heteroatoms. The van der Waals surface area contributed by atoms with Gasteiger partial charge in [-0.15, -0.1) is 11.3 Å². The van der Waals surface area contributed by atoms with Crippen LogP contribution in [0.15, 0.2) is 23.7 Å². The maximum absolute atomic E-state index is 12.0. The van der Waals surface area contributed by atoms with Crippen molar-refractivity contribution in [3.63, 3.8) is 0 Å². The number of rotatable bonds is 5. The summed E-state index contributed by atoms with van der Waals surface area (Å²) < 4.78 is 0. The third-order valence-corrected chi connectivity index (χ3v) is 3.87. The third-order valence-electron chi connectivity index (χ3n) is 2.98. The van der Waals surface area contributed by atoms with E-state index < -0.39 is 6.04 Å². The molecule has 2 aromatic rings. The van der Waals surface area contributed by atoms with Crippen LogP contribution in [0.3, 0.4) is 0 Å². The van der Waals surface area contributed by atoms with Crippen molar-refractivity contribution in [2.45, 2.75) is 33.2 Å². The summed E-state index contributed by atoms with van der Waals surface area (Å²) in [5.74, 6) is 0.734. The number of anilines is 1. The molecular formula is C15H20N4OS. The fraction of sp³-hybridized carbons (Fsp3) is 0.400. The minimum atomic E-state index is -0.504. The normalized spacial score (nSPS) is 12.4. The Morgan fingerprint density at radius 1 is 1.43 bits per heavy atom. The van der Waals surface area contributed by atoms with E-state index in [4.69, 9.17) is 5.73 Å². The summed E-state index contributed by atoms with van der Waals surface area (Å²) in [5.41, 5.74) is 7.76. The first kappa shape index (κ1) is 15.6. The van der Waals surface area contributed by atoms with Gasteiger partial charge in [0, 0.05) is 22.8 Å². The van der Waals surface area contributed by atoms with E-state index in [0.29, 0.717) is 18.2 Å². The summed E-state index contributed by atoms with van der Waals surface area (Å²) in [6.07, 6.45) is 2.44. The molecule has 0 aliphatic carbocycles. The van der Waals surface area contributed by atoms with Crippen LogP contribution < -0.4 is 11.1 Å². The van der Waals surface area contributed by atoms with Gasteiger partial charge in [0.1, 0.15) is 10.8 Å². The number of pyridine rings is 1. The number of nitrogens with zero attached hydrogens (tertiary/aromatic N) is 2. The predicted molar refractivity (Wildman–Crippen MR) is 86.1 cm³/mol. The maximum atomic E-state index is 12.0. The van der Waals surface area contributed by atoms with Gasteiger partial charge in [-0.25, -0.2) is 4.98 Å². The van der Waals surface area contributed by atoms with Gasteiger partial charge < -0.3 is 11.1 Å². The Balaban J connectivity index is 2.03. The zero-order chi connectivity index (χ0) is 15.4. The zero-order valence-electron chi connectivity index (χ0n) is 12.5. The first-order valence-electron chi connectivity index (χ1n) is 6.90. The van der Waals surface area contributed by atoms with Gasteiger partial charge in [0.25, 0.3) is 0 Å². The van der Waals surface area contributed by atoms with Gasteiger partial charge in [-0.3, -0.25) is 9.78 Å². The molecule has 2 rings (SSSR count). The van der Waals surface area contributed by atoms with E-state index in [9.17, 15) is 4.79 Å². The Labute approximate surface area is 128 Å². The molecule has 0 aromatic carbocycles. The summed E-state index contributed by atoms with van der Waals surface area (Å²) in [7, 11) is 0. The summed E-state index contributed by atoms with van der Waals surface area (Å²) in [6.45, 7) is 6.02. The molecule has 0 spiro atoms. The van der Waals surface area contributed by atoms with Crippen molar-refractivity contribution in [2.75, 3.05) is 5.32 Å². The number of hydrogen-bond donors (Lipinski definition) is 2. The fourth-order valence-corrected chi connectivity index (χ4v) is 2.63. The Morgan fingerprint density at radius 2 is 2.19 bits per heavy atom. The molecule has 0 radical (unpaired) electrons. The summed E-state index contributed by atoms with van der Waals surface area (Å²) in [4.78, 5) is 20.6. The van der Waals surface area contributed by atoms with E-state index >= 15 is 0 Å². The van der Waals surface area contributed by atoms with E-state index in [1.54, 1.807) is 6.20 Å². The number of carbonyl (C=O) groups is 1. The van der Waals surface area contributed by atoms with Crippen LogP contribution in [0.1, 0.15) is 26.0 Å². The van der Waals surface area contributed by atoms with Crippen molar-refractivity contribution >= 4 is 23.1 Å². The number of aromatic nitrogens is 2. The van der Waals surface area contributed by atoms with Crippen LogP contribution in [-0.2, 0) is 4.79 Å². The molecule has 1 atom stereocenters. The minimum absolute atomic E-state index is 0.192. The Bertz CT molecular complexity index is 606. The van der Waals surface area contributed by atoms with Gasteiger partial charge >= 0.3 is 0 Å². The second-order valence-electron chi connectivity index (χ2n) is 5.45. The Kier molecular flexibility index (Phi) is 5.03. The predicted octanol–water partition coefficient (Wildman–Crippen LogP) is 2.83. The molecular weight excluding hydrogens is 284 g/mol. The number of amides is 1. The van der Waals surface area contributed by atoms with Crippen molar-refractivity contribution in [1.29, 1.82) is 0 Å². The van der Waals surface area contributed by atoms with Crippen molar-refractivity contribution in [1.82, 2.24) is 9.97 Å². The van der Waals surface area contributed by atoms with Gasteiger partial charge in [-0.1, -0.05) is 13.8 Å². The standard InChI is InChI=1S/C15H20N4OS/c1-9(2)6-12(16)14(20)18-13-8-21-15(19-13)11-5-4-10(3)17-7-11/h4-5,7-9,12H,6,16H2,1-3H3,(H,18,20)/t12-/m0/s1. The van der Waals surface area contributed by atoms with E-state index in [-0.39, 0.29) is 5.91 Å². The first-order valence-corrected chi connectivity index (χ1v) is 7.78. The van der Waals surface area contributed by atoms with Crippen LogP contribution in [0.2, 0.25) is 0 Å². The molecule has 0 fully saturated rings. The SMILES string of the molecule is Cc1ccc(-c2nc(NC(=O)[C@@H](N)CC(C)C)cs2)cn1. The van der Waals surface area contributed by atoms with Crippen LogP contribution in [0.5, 0.6) is 0 Å². The lowest BCUT2D eigenvalue weighted by molar-refractivity contribution is -0.117. The highest BCUT2D eigenvalue weighted by atomic mass is 32.1. The monoisotopic (exact) mass is 304 g/mol. The molecule has 3 N–H and O–H groups in total. The van der Waals surface area contributed by atoms with E-state index in [1.807, 2.05) is 38.3 Å². The van der Waals surface area contributed by atoms with E-state index in [0.717, 1.165) is 16.3 Å². The van der Waals surface area contributed by atoms with Crippen LogP contribution in [0.25, 0.3) is 10.6 Å². The van der Waals surface area contributed by atoms with Crippen molar-refractivity contribution < 1.29 is 4.79 Å². The molecule has 0 unspecified atom stereocenters. The minimum Gasteiger partial charge on any atom is -0.320 e. The van der Waals surface area contributed by atoms with Crippen molar-refractivity contribution in [2.24, 2.45) is 11.7 Å². The number of hydrogen-bond acceptors (Lipinski definition) is 5. The molecule has 0 aliphatic rings. The van der Waals surface area contributed by atoms with Crippen LogP contribution in [0.4, 0.5) is 5.82 Å². The lowest BCUT2D eigenvalue weighted by Gasteiger charge is -2.12. The zero-order valence-corrected chi connectivity index (χ0v) is 13.3. The third kappa shape index (κ3) is 4.34. The van der Waals surface area contributed by atoms with Crippen LogP contribution >= 0.6 is 11.3 Å². The number of carbonyl (C=O) groups excluding carboxylic acids is 1. The van der Waals surface area contributed by atoms with Gasteiger partial charge in [0.15, 0.2) is 0 Å². The molecule has 0 saturated heterocycles. The number of nitrogens with two attached hydrogens (primary N) is 1. The average Bonchev–Trinajstić information content (AvgIpc) is 2.87. The molecule has 0 saturated carbocycles.